The van der Waals surface area contributed by atoms with Gasteiger partial charge in [-0.2, -0.15) is 4.98 Å². The quantitative estimate of drug-likeness (QED) is 0.633. The maximum absolute atomic E-state index is 5.90. The van der Waals surface area contributed by atoms with Gasteiger partial charge in [0.1, 0.15) is 11.3 Å². The van der Waals surface area contributed by atoms with Crippen molar-refractivity contribution in [2.75, 3.05) is 19.5 Å². The molecule has 1 fully saturated rings. The van der Waals surface area contributed by atoms with Crippen LogP contribution in [0.4, 0.5) is 6.01 Å². The van der Waals surface area contributed by atoms with E-state index in [0.717, 1.165) is 33.5 Å². The van der Waals surface area contributed by atoms with Crippen LogP contribution in [0.1, 0.15) is 37.7 Å². The van der Waals surface area contributed by atoms with Gasteiger partial charge in [0.2, 0.25) is 0 Å². The van der Waals surface area contributed by atoms with Crippen molar-refractivity contribution >= 4 is 17.1 Å². The molecule has 1 aliphatic rings. The summed E-state index contributed by atoms with van der Waals surface area (Å²) in [6.07, 6.45) is 6.28. The van der Waals surface area contributed by atoms with Gasteiger partial charge in [-0.15, -0.1) is 0 Å². The maximum Gasteiger partial charge on any atom is 0.295 e. The van der Waals surface area contributed by atoms with Crippen LogP contribution in [0.2, 0.25) is 0 Å². The first kappa shape index (κ1) is 17.9. The molecule has 4 rings (SSSR count). The van der Waals surface area contributed by atoms with Gasteiger partial charge in [-0.1, -0.05) is 31.4 Å². The van der Waals surface area contributed by atoms with Crippen molar-refractivity contribution in [1.82, 2.24) is 4.98 Å². The van der Waals surface area contributed by atoms with E-state index < -0.39 is 0 Å². The van der Waals surface area contributed by atoms with E-state index in [1.54, 1.807) is 14.2 Å². The molecule has 0 spiro atoms. The number of aromatic nitrogens is 1. The van der Waals surface area contributed by atoms with Crippen molar-refractivity contribution in [1.29, 1.82) is 0 Å². The molecule has 1 aliphatic carbocycles. The molecule has 0 saturated heterocycles. The molecule has 0 unspecified atom stereocenters. The second-order valence-electron chi connectivity index (χ2n) is 7.14. The fourth-order valence-electron chi connectivity index (χ4n) is 3.82. The lowest BCUT2D eigenvalue weighted by atomic mass is 9.96. The molecule has 1 saturated carbocycles. The molecule has 2 aromatic carbocycles. The summed E-state index contributed by atoms with van der Waals surface area (Å²) in [6.45, 7) is 0.513. The Morgan fingerprint density at radius 2 is 1.81 bits per heavy atom. The molecular weight excluding hydrogens is 340 g/mol. The second-order valence-corrected chi connectivity index (χ2v) is 7.14. The van der Waals surface area contributed by atoms with Gasteiger partial charge in [0.15, 0.2) is 5.58 Å². The zero-order chi connectivity index (χ0) is 18.6. The zero-order valence-electron chi connectivity index (χ0n) is 16.0. The molecule has 1 heterocycles. The largest absolute Gasteiger partial charge is 0.496 e. The highest BCUT2D eigenvalue weighted by Gasteiger charge is 2.16. The van der Waals surface area contributed by atoms with E-state index in [1.165, 1.54) is 32.1 Å². The fraction of sp³-hybridized carbons (Fsp3) is 0.409. The van der Waals surface area contributed by atoms with Crippen LogP contribution in [0.5, 0.6) is 5.75 Å². The minimum absolute atomic E-state index is 0.476. The van der Waals surface area contributed by atoms with E-state index in [9.17, 15) is 0 Å². The first-order valence-electron chi connectivity index (χ1n) is 9.60. The van der Waals surface area contributed by atoms with E-state index in [0.29, 0.717) is 18.7 Å². The van der Waals surface area contributed by atoms with Crippen LogP contribution in [-0.4, -0.2) is 25.2 Å². The van der Waals surface area contributed by atoms with Crippen molar-refractivity contribution < 1.29 is 13.9 Å². The number of anilines is 1. The number of benzene rings is 2. The lowest BCUT2D eigenvalue weighted by Gasteiger charge is -2.21. The first-order chi connectivity index (χ1) is 13.3. The van der Waals surface area contributed by atoms with Crippen molar-refractivity contribution in [3.05, 3.63) is 42.0 Å². The third kappa shape index (κ3) is 3.93. The van der Waals surface area contributed by atoms with Gasteiger partial charge in [-0.25, -0.2) is 0 Å². The van der Waals surface area contributed by atoms with Crippen molar-refractivity contribution in [3.63, 3.8) is 0 Å². The number of nitrogens with one attached hydrogen (secondary N) is 1. The molecule has 5 nitrogen and oxygen atoms in total. The van der Waals surface area contributed by atoms with Crippen molar-refractivity contribution in [2.45, 2.75) is 44.8 Å². The van der Waals surface area contributed by atoms with Gasteiger partial charge in [0.25, 0.3) is 6.01 Å². The van der Waals surface area contributed by atoms with Gasteiger partial charge in [0.05, 0.1) is 13.7 Å². The molecule has 0 radical (unpaired) electrons. The molecule has 1 N–H and O–H groups in total. The third-order valence-corrected chi connectivity index (χ3v) is 5.23. The van der Waals surface area contributed by atoms with Crippen LogP contribution < -0.4 is 10.1 Å². The summed E-state index contributed by atoms with van der Waals surface area (Å²) in [5.74, 6) is 0.835. The number of rotatable bonds is 6. The van der Waals surface area contributed by atoms with Gasteiger partial charge in [0, 0.05) is 18.7 Å². The fourth-order valence-corrected chi connectivity index (χ4v) is 3.82. The topological polar surface area (TPSA) is 56.5 Å². The SMILES string of the molecule is COCc1cc(-c2ccc3oc(NC4CCCCC4)nc3c2)ccc1OC. The van der Waals surface area contributed by atoms with Gasteiger partial charge in [-0.3, -0.25) is 0 Å². The summed E-state index contributed by atoms with van der Waals surface area (Å²) in [5.41, 5.74) is 4.91. The summed E-state index contributed by atoms with van der Waals surface area (Å²) in [6, 6.07) is 13.4. The monoisotopic (exact) mass is 366 g/mol. The van der Waals surface area contributed by atoms with Gasteiger partial charge >= 0.3 is 0 Å². The minimum Gasteiger partial charge on any atom is -0.496 e. The Bertz CT molecular complexity index is 913. The maximum atomic E-state index is 5.90. The number of ether oxygens (including phenoxy) is 2. The Kier molecular flexibility index (Phi) is 5.30. The Morgan fingerprint density at radius 1 is 1.04 bits per heavy atom. The number of hydrogen-bond donors (Lipinski definition) is 1. The van der Waals surface area contributed by atoms with Crippen LogP contribution >= 0.6 is 0 Å². The van der Waals surface area contributed by atoms with Crippen LogP contribution in [0.3, 0.4) is 0 Å². The number of nitrogens with zero attached hydrogens (tertiary/aromatic N) is 1. The molecule has 5 heteroatoms. The summed E-state index contributed by atoms with van der Waals surface area (Å²) in [5, 5.41) is 3.46. The van der Waals surface area contributed by atoms with E-state index >= 15 is 0 Å². The molecule has 0 atom stereocenters. The highest BCUT2D eigenvalue weighted by molar-refractivity contribution is 5.81. The Hall–Kier alpha value is -2.53. The van der Waals surface area contributed by atoms with Crippen LogP contribution in [0.25, 0.3) is 22.2 Å². The van der Waals surface area contributed by atoms with Crippen molar-refractivity contribution in [2.24, 2.45) is 0 Å². The van der Waals surface area contributed by atoms with Crippen molar-refractivity contribution in [3.8, 4) is 16.9 Å². The predicted molar refractivity (Wildman–Crippen MR) is 107 cm³/mol. The Labute approximate surface area is 159 Å². The molecule has 142 valence electrons. The Morgan fingerprint density at radius 3 is 2.59 bits per heavy atom. The molecule has 0 aliphatic heterocycles. The summed E-state index contributed by atoms with van der Waals surface area (Å²) < 4.78 is 16.6. The number of fused-ring (bicyclic) bond motifs is 1. The highest BCUT2D eigenvalue weighted by atomic mass is 16.5. The van der Waals surface area contributed by atoms with E-state index in [4.69, 9.17) is 13.9 Å². The second kappa shape index (κ2) is 8.01. The highest BCUT2D eigenvalue weighted by Crippen LogP contribution is 2.31. The zero-order valence-corrected chi connectivity index (χ0v) is 16.0. The number of hydrogen-bond acceptors (Lipinski definition) is 5. The lowest BCUT2D eigenvalue weighted by molar-refractivity contribution is 0.181. The van der Waals surface area contributed by atoms with E-state index in [1.807, 2.05) is 12.1 Å². The average Bonchev–Trinajstić information content (AvgIpc) is 3.10. The first-order valence-corrected chi connectivity index (χ1v) is 9.60. The molecule has 0 bridgehead atoms. The molecule has 0 amide bonds. The normalized spacial score (nSPS) is 15.2. The summed E-state index contributed by atoms with van der Waals surface area (Å²) >= 11 is 0. The van der Waals surface area contributed by atoms with E-state index in [2.05, 4.69) is 34.6 Å². The molecule has 1 aromatic heterocycles. The average molecular weight is 366 g/mol. The van der Waals surface area contributed by atoms with Crippen LogP contribution in [0, 0.1) is 0 Å². The number of oxazole rings is 1. The summed E-state index contributed by atoms with van der Waals surface area (Å²) in [7, 11) is 3.37. The van der Waals surface area contributed by atoms with Crippen LogP contribution in [0.15, 0.2) is 40.8 Å². The van der Waals surface area contributed by atoms with Crippen LogP contribution in [-0.2, 0) is 11.3 Å². The third-order valence-electron chi connectivity index (χ3n) is 5.23. The smallest absolute Gasteiger partial charge is 0.295 e. The standard InChI is InChI=1S/C22H26N2O3/c1-25-14-17-12-15(8-10-20(17)26-2)16-9-11-21-19(13-16)24-22(27-21)23-18-6-4-3-5-7-18/h8-13,18H,3-7,14H2,1-2H3,(H,23,24). The van der Waals surface area contributed by atoms with Gasteiger partial charge in [-0.05, 0) is 48.2 Å². The lowest BCUT2D eigenvalue weighted by Crippen LogP contribution is -2.22. The molecule has 27 heavy (non-hydrogen) atoms. The minimum atomic E-state index is 0.476. The predicted octanol–water partition coefficient (Wildman–Crippen LogP) is 5.39. The molecule has 3 aromatic rings. The number of methoxy groups -OCH3 is 2. The van der Waals surface area contributed by atoms with Gasteiger partial charge < -0.3 is 19.2 Å². The van der Waals surface area contributed by atoms with E-state index in [-0.39, 0.29) is 0 Å². The Balaban J connectivity index is 1.60. The molecular formula is C22H26N2O3. The summed E-state index contributed by atoms with van der Waals surface area (Å²) in [4.78, 5) is 4.66.